The molecule has 0 fully saturated rings. The van der Waals surface area contributed by atoms with Crippen LogP contribution >= 0.6 is 0 Å². The van der Waals surface area contributed by atoms with E-state index in [9.17, 15) is 0 Å². The minimum atomic E-state index is 0.0137. The molecular weight excluding hydrogens is 408 g/mol. The Kier molecular flexibility index (Phi) is 8.15. The van der Waals surface area contributed by atoms with Crippen molar-refractivity contribution in [2.75, 3.05) is 0 Å². The van der Waals surface area contributed by atoms with Crippen LogP contribution in [0.5, 0.6) is 0 Å². The number of fused-ring (bicyclic) bond motifs is 9. The lowest BCUT2D eigenvalue weighted by atomic mass is 9.81. The number of hydrogen-bond donors (Lipinski definition) is 0. The van der Waals surface area contributed by atoms with Crippen LogP contribution in [0, 0.1) is 0 Å². The molecule has 0 saturated heterocycles. The normalized spacial score (nSPS) is 12.5. The van der Waals surface area contributed by atoms with Crippen LogP contribution in [0.2, 0.25) is 0 Å². The van der Waals surface area contributed by atoms with E-state index in [1.165, 1.54) is 61.0 Å². The van der Waals surface area contributed by atoms with Gasteiger partial charge in [-0.05, 0) is 54.6 Å². The molecule has 6 rings (SSSR count). The van der Waals surface area contributed by atoms with Gasteiger partial charge in [-0.3, -0.25) is 0 Å². The Morgan fingerprint density at radius 1 is 0.500 bits per heavy atom. The first-order valence-electron chi connectivity index (χ1n) is 13.1. The molecule has 0 aromatic heterocycles. The molecule has 0 spiro atoms. The molecule has 0 heterocycles. The van der Waals surface area contributed by atoms with E-state index in [0.717, 1.165) is 0 Å². The van der Waals surface area contributed by atoms with Gasteiger partial charge in [-0.2, -0.15) is 0 Å². The molecule has 0 aliphatic heterocycles. The molecule has 34 heavy (non-hydrogen) atoms. The summed E-state index contributed by atoms with van der Waals surface area (Å²) in [4.78, 5) is 0. The van der Waals surface area contributed by atoms with Gasteiger partial charge in [0, 0.05) is 5.41 Å². The van der Waals surface area contributed by atoms with E-state index in [-0.39, 0.29) is 5.41 Å². The molecule has 0 radical (unpaired) electrons. The molecule has 0 N–H and O–H groups in total. The Balaban J connectivity index is 0.000000423. The van der Waals surface area contributed by atoms with Gasteiger partial charge in [-0.1, -0.05) is 147 Å². The fourth-order valence-electron chi connectivity index (χ4n) is 5.08. The number of rotatable bonds is 0. The van der Waals surface area contributed by atoms with Gasteiger partial charge >= 0.3 is 0 Å². The highest BCUT2D eigenvalue weighted by Crippen LogP contribution is 2.54. The SMILES string of the molecule is CC.CC.CC1(C)c2ccc3ccccc3c2-c2c1ccc1ccc3ccccc3c21.CCC. The summed E-state index contributed by atoms with van der Waals surface area (Å²) in [6.07, 6.45) is 1.25. The summed E-state index contributed by atoms with van der Waals surface area (Å²) in [5.74, 6) is 0. The van der Waals surface area contributed by atoms with E-state index < -0.39 is 0 Å². The van der Waals surface area contributed by atoms with Gasteiger partial charge in [-0.15, -0.1) is 0 Å². The summed E-state index contributed by atoms with van der Waals surface area (Å²) in [5, 5.41) is 8.06. The van der Waals surface area contributed by atoms with Gasteiger partial charge in [0.05, 0.1) is 0 Å². The van der Waals surface area contributed by atoms with E-state index in [2.05, 4.69) is 113 Å². The van der Waals surface area contributed by atoms with Crippen LogP contribution < -0.4 is 0 Å². The third-order valence-corrected chi connectivity index (χ3v) is 6.44. The van der Waals surface area contributed by atoms with Crippen molar-refractivity contribution in [3.63, 3.8) is 0 Å². The van der Waals surface area contributed by atoms with Crippen molar-refractivity contribution in [2.24, 2.45) is 0 Å². The highest BCUT2D eigenvalue weighted by atomic mass is 14.4. The monoisotopic (exact) mass is 448 g/mol. The minimum Gasteiger partial charge on any atom is -0.0683 e. The predicted molar refractivity (Wildman–Crippen MR) is 155 cm³/mol. The summed E-state index contributed by atoms with van der Waals surface area (Å²) < 4.78 is 0. The zero-order valence-corrected chi connectivity index (χ0v) is 22.3. The topological polar surface area (TPSA) is 0 Å². The smallest absolute Gasteiger partial charge is 0.0159 e. The summed E-state index contributed by atoms with van der Waals surface area (Å²) in [7, 11) is 0. The van der Waals surface area contributed by atoms with Gasteiger partial charge in [0.25, 0.3) is 0 Å². The van der Waals surface area contributed by atoms with Crippen molar-refractivity contribution >= 4 is 32.3 Å². The molecule has 0 bridgehead atoms. The van der Waals surface area contributed by atoms with E-state index in [1.807, 2.05) is 27.7 Å². The first-order chi connectivity index (χ1) is 16.6. The molecule has 0 unspecified atom stereocenters. The van der Waals surface area contributed by atoms with Gasteiger partial charge < -0.3 is 0 Å². The van der Waals surface area contributed by atoms with Crippen molar-refractivity contribution in [2.45, 2.75) is 67.2 Å². The van der Waals surface area contributed by atoms with E-state index >= 15 is 0 Å². The Hall–Kier alpha value is -3.12. The van der Waals surface area contributed by atoms with Gasteiger partial charge in [0.1, 0.15) is 0 Å². The summed E-state index contributed by atoms with van der Waals surface area (Å²) in [6.45, 7) is 17.0. The summed E-state index contributed by atoms with van der Waals surface area (Å²) >= 11 is 0. The average molecular weight is 449 g/mol. The van der Waals surface area contributed by atoms with Crippen LogP contribution in [0.3, 0.4) is 0 Å². The second kappa shape index (κ2) is 10.9. The Morgan fingerprint density at radius 3 is 1.53 bits per heavy atom. The maximum atomic E-state index is 2.36. The van der Waals surface area contributed by atoms with E-state index in [4.69, 9.17) is 0 Å². The minimum absolute atomic E-state index is 0.0137. The quantitative estimate of drug-likeness (QED) is 0.207. The van der Waals surface area contributed by atoms with Crippen molar-refractivity contribution < 1.29 is 0 Å². The third kappa shape index (κ3) is 4.11. The Labute approximate surface area is 206 Å². The lowest BCUT2D eigenvalue weighted by molar-refractivity contribution is 0.661. The molecule has 0 atom stereocenters. The second-order valence-corrected chi connectivity index (χ2v) is 8.91. The van der Waals surface area contributed by atoms with Gasteiger partial charge in [-0.25, -0.2) is 0 Å². The van der Waals surface area contributed by atoms with Crippen molar-refractivity contribution in [1.82, 2.24) is 0 Å². The largest absolute Gasteiger partial charge is 0.0683 e. The fraction of sp³-hybridized carbons (Fsp3) is 0.294. The second-order valence-electron chi connectivity index (χ2n) is 8.91. The highest BCUT2D eigenvalue weighted by Gasteiger charge is 2.37. The van der Waals surface area contributed by atoms with Crippen molar-refractivity contribution in [1.29, 1.82) is 0 Å². The fourth-order valence-corrected chi connectivity index (χ4v) is 5.08. The summed E-state index contributed by atoms with van der Waals surface area (Å²) in [5.41, 5.74) is 5.75. The molecule has 0 nitrogen and oxygen atoms in total. The first kappa shape index (κ1) is 25.5. The third-order valence-electron chi connectivity index (χ3n) is 6.44. The standard InChI is InChI=1S/C27H20.C3H8.2C2H6/c1-27(2)22-15-13-18-8-4-6-10-21(18)25(22)26-23(27)16-14-19-12-11-17-7-3-5-9-20(17)24(19)26;1-3-2;2*1-2/h3-16H,1-2H3;3H2,1-2H3;2*1-2H3. The maximum Gasteiger partial charge on any atom is 0.0159 e. The predicted octanol–water partition coefficient (Wildman–Crippen LogP) is 10.9. The maximum absolute atomic E-state index is 2.36. The Morgan fingerprint density at radius 2 is 0.912 bits per heavy atom. The molecule has 0 amide bonds. The van der Waals surface area contributed by atoms with Crippen LogP contribution in [0.15, 0.2) is 84.9 Å². The van der Waals surface area contributed by atoms with Gasteiger partial charge in [0.15, 0.2) is 0 Å². The van der Waals surface area contributed by atoms with Crippen LogP contribution in [0.1, 0.15) is 72.9 Å². The molecule has 5 aromatic rings. The van der Waals surface area contributed by atoms with Crippen molar-refractivity contribution in [3.8, 4) is 11.1 Å². The van der Waals surface area contributed by atoms with Crippen LogP contribution in [-0.4, -0.2) is 0 Å². The summed E-state index contributed by atoms with van der Waals surface area (Å²) in [6, 6.07) is 31.4. The molecule has 1 aliphatic rings. The number of hydrogen-bond acceptors (Lipinski definition) is 0. The molecular formula is C34H40. The van der Waals surface area contributed by atoms with E-state index in [1.54, 1.807) is 0 Å². The van der Waals surface area contributed by atoms with Crippen LogP contribution in [0.25, 0.3) is 43.4 Å². The van der Waals surface area contributed by atoms with Crippen LogP contribution in [-0.2, 0) is 5.41 Å². The molecule has 0 saturated carbocycles. The highest BCUT2D eigenvalue weighted by molar-refractivity contribution is 6.19. The molecule has 0 heteroatoms. The van der Waals surface area contributed by atoms with Crippen molar-refractivity contribution in [3.05, 3.63) is 96.1 Å². The van der Waals surface area contributed by atoms with Crippen LogP contribution in [0.4, 0.5) is 0 Å². The Bertz CT molecular complexity index is 1400. The zero-order chi connectivity index (χ0) is 24.9. The van der Waals surface area contributed by atoms with Gasteiger partial charge in [0.2, 0.25) is 0 Å². The average Bonchev–Trinajstić information content (AvgIpc) is 3.13. The lowest BCUT2D eigenvalue weighted by Crippen LogP contribution is -2.14. The molecule has 1 aliphatic carbocycles. The molecule has 176 valence electrons. The first-order valence-corrected chi connectivity index (χ1v) is 13.1. The number of benzene rings is 5. The zero-order valence-electron chi connectivity index (χ0n) is 22.3. The van der Waals surface area contributed by atoms with E-state index in [0.29, 0.717) is 0 Å². The lowest BCUT2D eigenvalue weighted by Gasteiger charge is -2.21. The molecule has 5 aromatic carbocycles.